The topological polar surface area (TPSA) is 138 Å². The third-order valence-corrected chi connectivity index (χ3v) is 5.76. The molecule has 0 aliphatic heterocycles. The summed E-state index contributed by atoms with van der Waals surface area (Å²) in [6, 6.07) is 22.3. The number of hydrogen-bond acceptors (Lipinski definition) is 6. The van der Waals surface area contributed by atoms with Crippen LogP contribution < -0.4 is 21.3 Å². The normalized spacial score (nSPS) is 11.1. The third-order valence-electron chi connectivity index (χ3n) is 5.76. The fraction of sp³-hybridized carbons (Fsp3) is 0.333. The molecule has 0 saturated heterocycles. The lowest BCUT2D eigenvalue weighted by atomic mass is 10.1. The van der Waals surface area contributed by atoms with Crippen LogP contribution in [-0.4, -0.2) is 53.3 Å². The minimum absolute atomic E-state index is 0.175. The molecule has 234 valence electrons. The molecule has 3 rings (SSSR count). The molecule has 3 aromatic carbocycles. The van der Waals surface area contributed by atoms with Gasteiger partial charge in [-0.1, -0.05) is 42.5 Å². The highest BCUT2D eigenvalue weighted by Gasteiger charge is 2.20. The molecule has 3 aromatic rings. The van der Waals surface area contributed by atoms with Gasteiger partial charge in [0, 0.05) is 30.9 Å². The fourth-order valence-corrected chi connectivity index (χ4v) is 3.87. The summed E-state index contributed by atoms with van der Waals surface area (Å²) in [5.41, 5.74) is 1.29. The van der Waals surface area contributed by atoms with Crippen LogP contribution in [-0.2, 0) is 16.0 Å². The van der Waals surface area contributed by atoms with Crippen LogP contribution in [0.3, 0.4) is 0 Å². The summed E-state index contributed by atoms with van der Waals surface area (Å²) in [7, 11) is 0. The SMILES string of the molecule is CC(C)(C)OC(=O)NCCN(Cc1ccc(C(=O)Nc2ccccc2NC(=O)OC(C)(C)C)cc1)C(=O)Nc1ccccc1. The number of anilines is 3. The number of nitrogens with zero attached hydrogens (tertiary/aromatic N) is 1. The van der Waals surface area contributed by atoms with Crippen LogP contribution in [0.1, 0.15) is 57.5 Å². The minimum atomic E-state index is -0.670. The molecule has 0 aliphatic carbocycles. The Kier molecular flexibility index (Phi) is 11.3. The molecule has 0 spiro atoms. The number of rotatable bonds is 9. The summed E-state index contributed by atoms with van der Waals surface area (Å²) >= 11 is 0. The Labute approximate surface area is 258 Å². The van der Waals surface area contributed by atoms with Crippen LogP contribution in [0.25, 0.3) is 0 Å². The zero-order chi connectivity index (χ0) is 32.3. The number of hydrogen-bond donors (Lipinski definition) is 4. The molecule has 0 aliphatic rings. The predicted molar refractivity (Wildman–Crippen MR) is 171 cm³/mol. The first-order chi connectivity index (χ1) is 20.7. The average Bonchev–Trinajstić information content (AvgIpc) is 2.92. The van der Waals surface area contributed by atoms with Crippen LogP contribution in [0, 0.1) is 0 Å². The molecule has 5 amide bonds. The molecule has 44 heavy (non-hydrogen) atoms. The van der Waals surface area contributed by atoms with Gasteiger partial charge in [-0.15, -0.1) is 0 Å². The van der Waals surface area contributed by atoms with E-state index in [9.17, 15) is 19.2 Å². The molecule has 0 saturated carbocycles. The number of carbonyl (C=O) groups is 4. The van der Waals surface area contributed by atoms with Crippen LogP contribution in [0.5, 0.6) is 0 Å². The summed E-state index contributed by atoms with van der Waals surface area (Å²) in [6.45, 7) is 11.2. The second kappa shape index (κ2) is 14.9. The molecule has 0 heterocycles. The van der Waals surface area contributed by atoms with E-state index in [2.05, 4.69) is 21.3 Å². The average molecular weight is 604 g/mol. The van der Waals surface area contributed by atoms with E-state index < -0.39 is 23.4 Å². The van der Waals surface area contributed by atoms with Crippen molar-refractivity contribution in [2.45, 2.75) is 59.3 Å². The van der Waals surface area contributed by atoms with Gasteiger partial charge >= 0.3 is 18.2 Å². The highest BCUT2D eigenvalue weighted by molar-refractivity contribution is 6.06. The molecule has 0 unspecified atom stereocenters. The lowest BCUT2D eigenvalue weighted by molar-refractivity contribution is 0.0522. The van der Waals surface area contributed by atoms with E-state index in [1.54, 1.807) is 107 Å². The molecule has 4 N–H and O–H groups in total. The summed E-state index contributed by atoms with van der Waals surface area (Å²) < 4.78 is 10.6. The van der Waals surface area contributed by atoms with Crippen molar-refractivity contribution in [1.29, 1.82) is 0 Å². The highest BCUT2D eigenvalue weighted by Crippen LogP contribution is 2.23. The Balaban J connectivity index is 1.67. The number of benzene rings is 3. The van der Waals surface area contributed by atoms with E-state index in [1.165, 1.54) is 0 Å². The fourth-order valence-electron chi connectivity index (χ4n) is 3.87. The summed E-state index contributed by atoms with van der Waals surface area (Å²) in [5, 5.41) is 11.0. The smallest absolute Gasteiger partial charge is 0.412 e. The van der Waals surface area contributed by atoms with E-state index in [0.29, 0.717) is 22.6 Å². The maximum Gasteiger partial charge on any atom is 0.412 e. The number of amides is 5. The number of carbonyl (C=O) groups excluding carboxylic acids is 4. The molecular formula is C33H41N5O6. The van der Waals surface area contributed by atoms with Crippen molar-refractivity contribution in [3.05, 3.63) is 90.0 Å². The van der Waals surface area contributed by atoms with Crippen molar-refractivity contribution < 1.29 is 28.7 Å². The van der Waals surface area contributed by atoms with Crippen molar-refractivity contribution in [2.75, 3.05) is 29.0 Å². The zero-order valence-corrected chi connectivity index (χ0v) is 26.0. The Hall–Kier alpha value is -5.06. The molecule has 11 heteroatoms. The lowest BCUT2D eigenvalue weighted by Crippen LogP contribution is -2.41. The van der Waals surface area contributed by atoms with E-state index in [4.69, 9.17) is 9.47 Å². The Morgan fingerprint density at radius 1 is 0.659 bits per heavy atom. The second-order valence-electron chi connectivity index (χ2n) is 12.0. The van der Waals surface area contributed by atoms with Gasteiger partial charge < -0.3 is 30.3 Å². The summed E-state index contributed by atoms with van der Waals surface area (Å²) in [4.78, 5) is 52.1. The summed E-state index contributed by atoms with van der Waals surface area (Å²) in [5.74, 6) is -0.379. The van der Waals surface area contributed by atoms with Crippen molar-refractivity contribution in [2.24, 2.45) is 0 Å². The van der Waals surface area contributed by atoms with Gasteiger partial charge in [-0.05, 0) is 83.5 Å². The zero-order valence-electron chi connectivity index (χ0n) is 26.0. The molecule has 0 aromatic heterocycles. The first kappa shape index (κ1) is 33.4. The number of urea groups is 1. The van der Waals surface area contributed by atoms with Crippen LogP contribution >= 0.6 is 0 Å². The maximum absolute atomic E-state index is 13.2. The van der Waals surface area contributed by atoms with Gasteiger partial charge in [0.2, 0.25) is 0 Å². The molecule has 0 bridgehead atoms. The van der Waals surface area contributed by atoms with Gasteiger partial charge in [-0.25, -0.2) is 14.4 Å². The molecule has 0 atom stereocenters. The van der Waals surface area contributed by atoms with Crippen LogP contribution in [0.4, 0.5) is 31.4 Å². The standard InChI is InChI=1S/C33H41N5O6/c1-32(2,3)43-30(41)34-20-21-38(29(40)35-25-12-8-7-9-13-25)22-23-16-18-24(19-17-23)28(39)36-26-14-10-11-15-27(26)37-31(42)44-33(4,5)6/h7-19H,20-22H2,1-6H3,(H,34,41)(H,35,40)(H,36,39)(H,37,42). The van der Waals surface area contributed by atoms with Gasteiger partial charge in [0.05, 0.1) is 11.4 Å². The van der Waals surface area contributed by atoms with Crippen molar-refractivity contribution >= 4 is 41.2 Å². The van der Waals surface area contributed by atoms with Gasteiger partial charge in [-0.2, -0.15) is 0 Å². The predicted octanol–water partition coefficient (Wildman–Crippen LogP) is 6.84. The number of alkyl carbamates (subject to hydrolysis) is 1. The summed E-state index contributed by atoms with van der Waals surface area (Å²) in [6.07, 6.45) is -1.20. The number of ether oxygens (including phenoxy) is 2. The molecular weight excluding hydrogens is 562 g/mol. The first-order valence-electron chi connectivity index (χ1n) is 14.3. The Morgan fingerprint density at radius 2 is 1.20 bits per heavy atom. The van der Waals surface area contributed by atoms with Crippen LogP contribution in [0.15, 0.2) is 78.9 Å². The second-order valence-corrected chi connectivity index (χ2v) is 12.0. The monoisotopic (exact) mass is 603 g/mol. The molecule has 0 radical (unpaired) electrons. The van der Waals surface area contributed by atoms with Crippen molar-refractivity contribution in [1.82, 2.24) is 10.2 Å². The quantitative estimate of drug-likeness (QED) is 0.211. The lowest BCUT2D eigenvalue weighted by Gasteiger charge is -2.24. The van der Waals surface area contributed by atoms with Gasteiger partial charge in [0.1, 0.15) is 11.2 Å². The van der Waals surface area contributed by atoms with Crippen molar-refractivity contribution in [3.8, 4) is 0 Å². The number of nitrogens with one attached hydrogen (secondary N) is 4. The van der Waals surface area contributed by atoms with E-state index in [0.717, 1.165) is 5.56 Å². The van der Waals surface area contributed by atoms with Crippen LogP contribution in [0.2, 0.25) is 0 Å². The Bertz CT molecular complexity index is 1430. The van der Waals surface area contributed by atoms with E-state index in [1.807, 2.05) is 18.2 Å². The minimum Gasteiger partial charge on any atom is -0.444 e. The maximum atomic E-state index is 13.2. The van der Waals surface area contributed by atoms with Gasteiger partial charge in [-0.3, -0.25) is 10.1 Å². The largest absolute Gasteiger partial charge is 0.444 e. The highest BCUT2D eigenvalue weighted by atomic mass is 16.6. The van der Waals surface area contributed by atoms with Gasteiger partial charge in [0.25, 0.3) is 5.91 Å². The molecule has 11 nitrogen and oxygen atoms in total. The van der Waals surface area contributed by atoms with E-state index >= 15 is 0 Å². The third kappa shape index (κ3) is 11.7. The van der Waals surface area contributed by atoms with E-state index in [-0.39, 0.29) is 31.6 Å². The number of para-hydroxylation sites is 3. The molecule has 0 fully saturated rings. The Morgan fingerprint density at radius 3 is 1.80 bits per heavy atom. The van der Waals surface area contributed by atoms with Gasteiger partial charge in [0.15, 0.2) is 0 Å². The van der Waals surface area contributed by atoms with Crippen molar-refractivity contribution in [3.63, 3.8) is 0 Å². The first-order valence-corrected chi connectivity index (χ1v) is 14.3.